The Morgan fingerprint density at radius 1 is 1.28 bits per heavy atom. The topological polar surface area (TPSA) is 78.6 Å². The third-order valence-corrected chi connectivity index (χ3v) is 2.15. The maximum Gasteiger partial charge on any atom is 0.345 e. The van der Waals surface area contributed by atoms with Crippen LogP contribution in [0.15, 0.2) is 11.6 Å². The summed E-state index contributed by atoms with van der Waals surface area (Å²) in [6, 6.07) is 0. The van der Waals surface area contributed by atoms with Gasteiger partial charge in [-0.15, -0.1) is 0 Å². The monoisotopic (exact) mass is 255 g/mol. The molecule has 0 aliphatic heterocycles. The van der Waals surface area contributed by atoms with Gasteiger partial charge >= 0.3 is 11.9 Å². The van der Waals surface area contributed by atoms with Crippen LogP contribution >= 0.6 is 0 Å². The number of carbonyl (C=O) groups is 2. The minimum absolute atomic E-state index is 0.0405. The molecule has 0 spiro atoms. The van der Waals surface area contributed by atoms with Gasteiger partial charge in [0.2, 0.25) is 0 Å². The smallest absolute Gasteiger partial charge is 0.345 e. The summed E-state index contributed by atoms with van der Waals surface area (Å²) in [5.74, 6) is -1.26. The van der Waals surface area contributed by atoms with E-state index in [0.29, 0.717) is 13.0 Å². The molecule has 18 heavy (non-hydrogen) atoms. The minimum Gasteiger partial charge on any atom is -0.459 e. The van der Waals surface area contributed by atoms with E-state index < -0.39 is 17.5 Å². The van der Waals surface area contributed by atoms with Crippen LogP contribution in [0, 0.1) is 0 Å². The van der Waals surface area contributed by atoms with Crippen LogP contribution in [0.3, 0.4) is 0 Å². The van der Waals surface area contributed by atoms with Crippen LogP contribution in [0.25, 0.3) is 0 Å². The number of nitrogens with two attached hydrogens (primary N) is 1. The lowest BCUT2D eigenvalue weighted by atomic mass is 10.1. The van der Waals surface area contributed by atoms with Gasteiger partial charge < -0.3 is 15.2 Å². The molecule has 0 aromatic rings. The molecule has 0 aromatic carbocycles. The molecular weight excluding hydrogens is 234 g/mol. The fourth-order valence-corrected chi connectivity index (χ4v) is 1.21. The molecule has 1 aliphatic carbocycles. The minimum atomic E-state index is -0.651. The predicted octanol–water partition coefficient (Wildman–Crippen LogP) is 1.31. The van der Waals surface area contributed by atoms with Gasteiger partial charge in [0.25, 0.3) is 0 Å². The van der Waals surface area contributed by atoms with Crippen LogP contribution in [0.1, 0.15) is 40.0 Å². The van der Waals surface area contributed by atoms with Crippen LogP contribution in [-0.2, 0) is 19.1 Å². The largest absolute Gasteiger partial charge is 0.459 e. The van der Waals surface area contributed by atoms with E-state index in [2.05, 4.69) is 0 Å². The molecule has 0 saturated heterocycles. The van der Waals surface area contributed by atoms with Crippen molar-refractivity contribution in [1.82, 2.24) is 0 Å². The first-order valence-corrected chi connectivity index (χ1v) is 6.18. The van der Waals surface area contributed by atoms with Crippen molar-refractivity contribution >= 4 is 11.9 Å². The van der Waals surface area contributed by atoms with Crippen LogP contribution in [0.4, 0.5) is 0 Å². The van der Waals surface area contributed by atoms with E-state index in [-0.39, 0.29) is 11.7 Å². The van der Waals surface area contributed by atoms with Crippen LogP contribution < -0.4 is 5.73 Å². The van der Waals surface area contributed by atoms with Gasteiger partial charge in [-0.3, -0.25) is 0 Å². The molecule has 0 heterocycles. The number of esters is 2. The number of rotatable bonds is 5. The van der Waals surface area contributed by atoms with Gasteiger partial charge in [-0.1, -0.05) is 6.08 Å². The van der Waals surface area contributed by atoms with Gasteiger partial charge in [-0.25, -0.2) is 9.59 Å². The fourth-order valence-electron chi connectivity index (χ4n) is 1.21. The average molecular weight is 255 g/mol. The van der Waals surface area contributed by atoms with E-state index in [1.807, 2.05) is 0 Å². The first-order valence-electron chi connectivity index (χ1n) is 6.18. The zero-order valence-corrected chi connectivity index (χ0v) is 11.2. The zero-order chi connectivity index (χ0) is 13.8. The number of hydrogen-bond acceptors (Lipinski definition) is 5. The van der Waals surface area contributed by atoms with Gasteiger partial charge in [-0.05, 0) is 46.6 Å². The van der Waals surface area contributed by atoms with Crippen molar-refractivity contribution in [3.63, 3.8) is 0 Å². The van der Waals surface area contributed by atoms with E-state index in [0.717, 1.165) is 12.8 Å². The van der Waals surface area contributed by atoms with Crippen molar-refractivity contribution in [1.29, 1.82) is 0 Å². The Morgan fingerprint density at radius 2 is 1.89 bits per heavy atom. The van der Waals surface area contributed by atoms with Crippen molar-refractivity contribution in [2.75, 3.05) is 6.54 Å². The lowest BCUT2D eigenvalue weighted by Crippen LogP contribution is -2.28. The summed E-state index contributed by atoms with van der Waals surface area (Å²) in [4.78, 5) is 23.7. The Balaban J connectivity index is 2.70. The molecule has 5 heteroatoms. The fraction of sp³-hybridized carbons (Fsp3) is 0.692. The summed E-state index contributed by atoms with van der Waals surface area (Å²) in [7, 11) is 0. The molecule has 0 unspecified atom stereocenters. The van der Waals surface area contributed by atoms with Crippen molar-refractivity contribution < 1.29 is 19.1 Å². The lowest BCUT2D eigenvalue weighted by molar-refractivity contribution is -0.154. The van der Waals surface area contributed by atoms with Gasteiger partial charge in [0.1, 0.15) is 17.3 Å². The maximum absolute atomic E-state index is 11.9. The van der Waals surface area contributed by atoms with Gasteiger partial charge in [0, 0.05) is 0 Å². The summed E-state index contributed by atoms with van der Waals surface area (Å²) in [6.07, 6.45) is 3.61. The van der Waals surface area contributed by atoms with Crippen molar-refractivity contribution in [2.45, 2.75) is 51.7 Å². The Kier molecular flexibility index (Phi) is 4.90. The maximum atomic E-state index is 11.9. The number of hydrogen-bond donors (Lipinski definition) is 1. The first-order chi connectivity index (χ1) is 8.33. The zero-order valence-electron chi connectivity index (χ0n) is 11.2. The molecule has 0 atom stereocenters. The average Bonchev–Trinajstić information content (AvgIpc) is 2.99. The SMILES string of the molecule is CC(C)(C)OC(=O)C(=CCCN)C(=O)OC1CC1. The van der Waals surface area contributed by atoms with E-state index in [4.69, 9.17) is 15.2 Å². The van der Waals surface area contributed by atoms with Crippen molar-refractivity contribution in [3.05, 3.63) is 11.6 Å². The molecule has 5 nitrogen and oxygen atoms in total. The Labute approximate surface area is 107 Å². The predicted molar refractivity (Wildman–Crippen MR) is 66.7 cm³/mol. The standard InChI is InChI=1S/C13H21NO4/c1-13(2,3)18-12(16)10(5-4-8-14)11(15)17-9-6-7-9/h5,9H,4,6-8,14H2,1-3H3. The molecule has 1 rings (SSSR count). The molecule has 1 saturated carbocycles. The van der Waals surface area contributed by atoms with E-state index in [1.165, 1.54) is 6.08 Å². The van der Waals surface area contributed by atoms with Crippen LogP contribution in [-0.4, -0.2) is 30.2 Å². The number of carbonyl (C=O) groups excluding carboxylic acids is 2. The van der Waals surface area contributed by atoms with E-state index >= 15 is 0 Å². The molecular formula is C13H21NO4. The third kappa shape index (κ3) is 5.31. The van der Waals surface area contributed by atoms with E-state index in [1.54, 1.807) is 20.8 Å². The third-order valence-electron chi connectivity index (χ3n) is 2.15. The Bertz CT molecular complexity index is 350. The van der Waals surface area contributed by atoms with E-state index in [9.17, 15) is 9.59 Å². The second-order valence-electron chi connectivity index (χ2n) is 5.30. The Hall–Kier alpha value is -1.36. The first kappa shape index (κ1) is 14.7. The molecule has 1 aliphatic rings. The Morgan fingerprint density at radius 3 is 2.33 bits per heavy atom. The highest BCUT2D eigenvalue weighted by atomic mass is 16.6. The van der Waals surface area contributed by atoms with Crippen LogP contribution in [0.5, 0.6) is 0 Å². The van der Waals surface area contributed by atoms with Crippen molar-refractivity contribution in [3.8, 4) is 0 Å². The summed E-state index contributed by atoms with van der Waals surface area (Å²) < 4.78 is 10.3. The highest BCUT2D eigenvalue weighted by molar-refractivity contribution is 6.14. The molecule has 0 amide bonds. The second-order valence-corrected chi connectivity index (χ2v) is 5.30. The quantitative estimate of drug-likeness (QED) is 0.347. The molecule has 0 aromatic heterocycles. The molecule has 102 valence electrons. The molecule has 2 N–H and O–H groups in total. The highest BCUT2D eigenvalue weighted by Gasteiger charge is 2.31. The number of ether oxygens (including phenoxy) is 2. The van der Waals surface area contributed by atoms with Gasteiger partial charge in [0.15, 0.2) is 0 Å². The molecule has 0 bridgehead atoms. The van der Waals surface area contributed by atoms with Crippen molar-refractivity contribution in [2.24, 2.45) is 5.73 Å². The molecule has 1 fully saturated rings. The summed E-state index contributed by atoms with van der Waals surface area (Å²) in [6.45, 7) is 5.61. The lowest BCUT2D eigenvalue weighted by Gasteiger charge is -2.20. The highest BCUT2D eigenvalue weighted by Crippen LogP contribution is 2.25. The van der Waals surface area contributed by atoms with Gasteiger partial charge in [-0.2, -0.15) is 0 Å². The van der Waals surface area contributed by atoms with Crippen LogP contribution in [0.2, 0.25) is 0 Å². The second kappa shape index (κ2) is 6.00. The summed E-state index contributed by atoms with van der Waals surface area (Å²) >= 11 is 0. The summed E-state index contributed by atoms with van der Waals surface area (Å²) in [5, 5.41) is 0. The summed E-state index contributed by atoms with van der Waals surface area (Å²) in [5.41, 5.74) is 4.68. The molecule has 0 radical (unpaired) electrons. The van der Waals surface area contributed by atoms with Gasteiger partial charge in [0.05, 0.1) is 0 Å². The normalized spacial score (nSPS) is 16.3.